The zero-order valence-electron chi connectivity index (χ0n) is 11.5. The summed E-state index contributed by atoms with van der Waals surface area (Å²) in [6, 6.07) is 7.61. The Bertz CT molecular complexity index is 607. The van der Waals surface area contributed by atoms with E-state index in [1.165, 1.54) is 11.3 Å². The van der Waals surface area contributed by atoms with Crippen LogP contribution in [0.2, 0.25) is 0 Å². The van der Waals surface area contributed by atoms with Gasteiger partial charge in [0.2, 0.25) is 0 Å². The van der Waals surface area contributed by atoms with Crippen LogP contribution in [0.15, 0.2) is 24.3 Å². The summed E-state index contributed by atoms with van der Waals surface area (Å²) in [6.07, 6.45) is 1.62. The molecular formula is C15H17NO3S. The van der Waals surface area contributed by atoms with Crippen LogP contribution in [0.1, 0.15) is 35.6 Å². The number of hydrogen-bond acceptors (Lipinski definition) is 4. The van der Waals surface area contributed by atoms with Crippen molar-refractivity contribution in [1.82, 2.24) is 4.98 Å². The van der Waals surface area contributed by atoms with Crippen LogP contribution in [0.4, 0.5) is 0 Å². The van der Waals surface area contributed by atoms with Crippen LogP contribution in [0.25, 0.3) is 10.6 Å². The van der Waals surface area contributed by atoms with Crippen molar-refractivity contribution in [3.63, 3.8) is 0 Å². The molecule has 0 fully saturated rings. The first-order valence-electron chi connectivity index (χ1n) is 6.62. The lowest BCUT2D eigenvalue weighted by atomic mass is 10.2. The van der Waals surface area contributed by atoms with Crippen LogP contribution in [0.3, 0.4) is 0 Å². The first-order chi connectivity index (χ1) is 9.65. The van der Waals surface area contributed by atoms with Gasteiger partial charge in [-0.3, -0.25) is 0 Å². The zero-order chi connectivity index (χ0) is 14.5. The molecule has 0 spiro atoms. The Kier molecular flexibility index (Phi) is 4.74. The summed E-state index contributed by atoms with van der Waals surface area (Å²) in [4.78, 5) is 16.2. The van der Waals surface area contributed by atoms with E-state index in [1.54, 1.807) is 0 Å². The van der Waals surface area contributed by atoms with Crippen LogP contribution in [0, 0.1) is 0 Å². The Hall–Kier alpha value is -1.88. The molecule has 0 saturated heterocycles. The number of aromatic nitrogens is 1. The molecule has 1 heterocycles. The highest BCUT2D eigenvalue weighted by Gasteiger charge is 2.17. The predicted molar refractivity (Wildman–Crippen MR) is 79.7 cm³/mol. The van der Waals surface area contributed by atoms with Gasteiger partial charge in [0.1, 0.15) is 10.8 Å². The van der Waals surface area contributed by atoms with Gasteiger partial charge in [0.25, 0.3) is 0 Å². The number of carbonyl (C=O) groups is 1. The predicted octanol–water partition coefficient (Wildman–Crippen LogP) is 3.86. The molecule has 4 nitrogen and oxygen atoms in total. The van der Waals surface area contributed by atoms with Crippen molar-refractivity contribution in [3.05, 3.63) is 34.8 Å². The van der Waals surface area contributed by atoms with Gasteiger partial charge in [-0.1, -0.05) is 26.0 Å². The third kappa shape index (κ3) is 3.17. The SMILES string of the molecule is CCCOc1cccc(-c2nc(C(=O)O)c(CC)s2)c1. The highest BCUT2D eigenvalue weighted by molar-refractivity contribution is 7.15. The summed E-state index contributed by atoms with van der Waals surface area (Å²) in [5.41, 5.74) is 1.05. The number of rotatable bonds is 6. The lowest BCUT2D eigenvalue weighted by Crippen LogP contribution is -2.00. The van der Waals surface area contributed by atoms with Gasteiger partial charge in [0.05, 0.1) is 6.61 Å². The number of carboxylic acids is 1. The molecule has 0 aliphatic heterocycles. The molecule has 1 N–H and O–H groups in total. The van der Waals surface area contributed by atoms with Crippen molar-refractivity contribution >= 4 is 17.3 Å². The van der Waals surface area contributed by atoms with E-state index in [2.05, 4.69) is 11.9 Å². The average molecular weight is 291 g/mol. The molecule has 106 valence electrons. The van der Waals surface area contributed by atoms with Gasteiger partial charge in [0.15, 0.2) is 5.69 Å². The third-order valence-corrected chi connectivity index (χ3v) is 4.02. The normalized spacial score (nSPS) is 10.5. The molecule has 2 aromatic rings. The summed E-state index contributed by atoms with van der Waals surface area (Å²) < 4.78 is 5.59. The number of ether oxygens (including phenoxy) is 1. The maximum Gasteiger partial charge on any atom is 0.355 e. The van der Waals surface area contributed by atoms with E-state index in [4.69, 9.17) is 9.84 Å². The maximum atomic E-state index is 11.2. The van der Waals surface area contributed by atoms with Crippen LogP contribution < -0.4 is 4.74 Å². The molecular weight excluding hydrogens is 274 g/mol. The fourth-order valence-corrected chi connectivity index (χ4v) is 2.81. The number of carboxylic acid groups (broad SMARTS) is 1. The number of hydrogen-bond donors (Lipinski definition) is 1. The van der Waals surface area contributed by atoms with E-state index < -0.39 is 5.97 Å². The second-order valence-corrected chi connectivity index (χ2v) is 5.41. The van der Waals surface area contributed by atoms with E-state index in [9.17, 15) is 4.79 Å². The molecule has 0 saturated carbocycles. The third-order valence-electron chi connectivity index (χ3n) is 2.77. The van der Waals surface area contributed by atoms with Crippen LogP contribution in [0.5, 0.6) is 5.75 Å². The smallest absolute Gasteiger partial charge is 0.355 e. The number of aromatic carboxylic acids is 1. The monoisotopic (exact) mass is 291 g/mol. The van der Waals surface area contributed by atoms with Crippen molar-refractivity contribution < 1.29 is 14.6 Å². The van der Waals surface area contributed by atoms with Crippen LogP contribution >= 0.6 is 11.3 Å². The average Bonchev–Trinajstić information content (AvgIpc) is 2.90. The molecule has 0 unspecified atom stereocenters. The van der Waals surface area contributed by atoms with Gasteiger partial charge < -0.3 is 9.84 Å². The molecule has 0 amide bonds. The minimum Gasteiger partial charge on any atom is -0.494 e. The summed E-state index contributed by atoms with van der Waals surface area (Å²) in [7, 11) is 0. The Balaban J connectivity index is 2.33. The molecule has 0 aliphatic rings. The lowest BCUT2D eigenvalue weighted by molar-refractivity contribution is 0.0690. The zero-order valence-corrected chi connectivity index (χ0v) is 12.4. The van der Waals surface area contributed by atoms with Gasteiger partial charge >= 0.3 is 5.97 Å². The van der Waals surface area contributed by atoms with E-state index in [-0.39, 0.29) is 5.69 Å². The fourth-order valence-electron chi connectivity index (χ4n) is 1.82. The first kappa shape index (κ1) is 14.5. The van der Waals surface area contributed by atoms with E-state index in [0.29, 0.717) is 13.0 Å². The summed E-state index contributed by atoms with van der Waals surface area (Å²) in [5, 5.41) is 9.87. The Morgan fingerprint density at radius 3 is 2.80 bits per heavy atom. The molecule has 0 bridgehead atoms. The van der Waals surface area contributed by atoms with E-state index in [1.807, 2.05) is 31.2 Å². The van der Waals surface area contributed by atoms with Crippen molar-refractivity contribution in [3.8, 4) is 16.3 Å². The van der Waals surface area contributed by atoms with E-state index >= 15 is 0 Å². The minimum absolute atomic E-state index is 0.160. The molecule has 0 atom stereocenters. The van der Waals surface area contributed by atoms with Crippen molar-refractivity contribution in [2.75, 3.05) is 6.61 Å². The highest BCUT2D eigenvalue weighted by Crippen LogP contribution is 2.30. The molecule has 1 aromatic heterocycles. The second-order valence-electron chi connectivity index (χ2n) is 4.33. The maximum absolute atomic E-state index is 11.2. The minimum atomic E-state index is -0.970. The van der Waals surface area contributed by atoms with Crippen LogP contribution in [-0.2, 0) is 6.42 Å². The molecule has 2 rings (SSSR count). The molecule has 0 aliphatic carbocycles. The number of aryl methyl sites for hydroxylation is 1. The van der Waals surface area contributed by atoms with Gasteiger partial charge in [0, 0.05) is 10.4 Å². The van der Waals surface area contributed by atoms with Gasteiger partial charge in [-0.2, -0.15) is 0 Å². The Morgan fingerprint density at radius 1 is 1.40 bits per heavy atom. The number of thiazole rings is 1. The topological polar surface area (TPSA) is 59.4 Å². The molecule has 1 aromatic carbocycles. The molecule has 5 heteroatoms. The van der Waals surface area contributed by atoms with E-state index in [0.717, 1.165) is 27.6 Å². The number of nitrogens with zero attached hydrogens (tertiary/aromatic N) is 1. The number of benzene rings is 1. The summed E-state index contributed by atoms with van der Waals surface area (Å²) >= 11 is 1.43. The van der Waals surface area contributed by atoms with Crippen molar-refractivity contribution in [2.24, 2.45) is 0 Å². The lowest BCUT2D eigenvalue weighted by Gasteiger charge is -2.05. The highest BCUT2D eigenvalue weighted by atomic mass is 32.1. The largest absolute Gasteiger partial charge is 0.494 e. The fraction of sp³-hybridized carbons (Fsp3) is 0.333. The van der Waals surface area contributed by atoms with Crippen LogP contribution in [-0.4, -0.2) is 22.7 Å². The van der Waals surface area contributed by atoms with Gasteiger partial charge in [-0.05, 0) is 25.0 Å². The second kappa shape index (κ2) is 6.52. The Labute approximate surface area is 122 Å². The standard InChI is InChI=1S/C15H17NO3S/c1-3-8-19-11-7-5-6-10(9-11)14-16-13(15(17)18)12(4-2)20-14/h5-7,9H,3-4,8H2,1-2H3,(H,17,18). The summed E-state index contributed by atoms with van der Waals surface area (Å²) in [5.74, 6) is -0.183. The van der Waals surface area contributed by atoms with Crippen molar-refractivity contribution in [1.29, 1.82) is 0 Å². The van der Waals surface area contributed by atoms with Gasteiger partial charge in [-0.25, -0.2) is 9.78 Å². The van der Waals surface area contributed by atoms with Crippen molar-refractivity contribution in [2.45, 2.75) is 26.7 Å². The molecule has 20 heavy (non-hydrogen) atoms. The quantitative estimate of drug-likeness (QED) is 0.878. The Morgan fingerprint density at radius 2 is 2.20 bits per heavy atom. The van der Waals surface area contributed by atoms with Gasteiger partial charge in [-0.15, -0.1) is 11.3 Å². The first-order valence-corrected chi connectivity index (χ1v) is 7.43. The summed E-state index contributed by atoms with van der Waals surface area (Å²) in [6.45, 7) is 4.66. The molecule has 0 radical (unpaired) electrons.